The van der Waals surface area contributed by atoms with Crippen LogP contribution in [0.5, 0.6) is 0 Å². The van der Waals surface area contributed by atoms with E-state index in [9.17, 15) is 9.59 Å². The van der Waals surface area contributed by atoms with Crippen LogP contribution in [0.2, 0.25) is 0 Å². The Kier molecular flexibility index (Phi) is 5.90. The average molecular weight is 322 g/mol. The van der Waals surface area contributed by atoms with Gasteiger partial charge in [0, 0.05) is 25.2 Å². The third-order valence-electron chi connectivity index (χ3n) is 3.83. The molecule has 0 aliphatic rings. The molecule has 0 saturated carbocycles. The Balaban J connectivity index is 2.13. The van der Waals surface area contributed by atoms with Crippen molar-refractivity contribution < 1.29 is 9.59 Å². The molecule has 0 atom stereocenters. The number of carbonyl (C=O) groups excluding carboxylic acids is 2. The van der Waals surface area contributed by atoms with Crippen LogP contribution >= 0.6 is 0 Å². The molecule has 4 nitrogen and oxygen atoms in total. The van der Waals surface area contributed by atoms with E-state index < -0.39 is 5.91 Å². The van der Waals surface area contributed by atoms with Crippen LogP contribution in [0.1, 0.15) is 34.8 Å². The number of rotatable bonds is 6. The van der Waals surface area contributed by atoms with Gasteiger partial charge in [0.05, 0.1) is 0 Å². The molecule has 124 valence electrons. The molecule has 0 aromatic heterocycles. The molecule has 2 amide bonds. The molecule has 0 fully saturated rings. The van der Waals surface area contributed by atoms with Crippen LogP contribution in [-0.2, 0) is 11.3 Å². The van der Waals surface area contributed by atoms with Crippen LogP contribution in [0.3, 0.4) is 0 Å². The maximum Gasteiger partial charge on any atom is 0.248 e. The van der Waals surface area contributed by atoms with Crippen molar-refractivity contribution >= 4 is 17.4 Å². The predicted octanol–water partition coefficient (Wildman–Crippen LogP) is 3.24. The Morgan fingerprint density at radius 3 is 2.33 bits per heavy atom. The van der Waals surface area contributed by atoms with Gasteiger partial charge in [-0.1, -0.05) is 49.4 Å². The standard InChI is InChI=1S/C20H22N2O2/c1-3-16(17-9-5-4-6-10-17)13-19(23)22(2)14-15-8-7-11-18(12-15)20(21)24/h4-13H,3,14H2,1-2H3,(H2,21,24)/b16-13+. The number of likely N-dealkylation sites (N-methyl/N-ethyl adjacent to an activating group) is 1. The maximum atomic E-state index is 12.5. The topological polar surface area (TPSA) is 63.4 Å². The summed E-state index contributed by atoms with van der Waals surface area (Å²) in [5, 5.41) is 0. The van der Waals surface area contributed by atoms with Gasteiger partial charge in [0.15, 0.2) is 0 Å². The Bertz CT molecular complexity index is 751. The molecule has 0 bridgehead atoms. The highest BCUT2D eigenvalue weighted by atomic mass is 16.2. The van der Waals surface area contributed by atoms with Crippen molar-refractivity contribution in [2.45, 2.75) is 19.9 Å². The highest BCUT2D eigenvalue weighted by Gasteiger charge is 2.10. The van der Waals surface area contributed by atoms with Crippen molar-refractivity contribution in [3.8, 4) is 0 Å². The number of benzene rings is 2. The lowest BCUT2D eigenvalue weighted by molar-refractivity contribution is -0.125. The van der Waals surface area contributed by atoms with E-state index in [1.54, 1.807) is 36.2 Å². The third kappa shape index (κ3) is 4.56. The predicted molar refractivity (Wildman–Crippen MR) is 96.1 cm³/mol. The molecule has 0 heterocycles. The Labute approximate surface area is 142 Å². The second kappa shape index (κ2) is 8.11. The van der Waals surface area contributed by atoms with Gasteiger partial charge in [0.2, 0.25) is 11.8 Å². The summed E-state index contributed by atoms with van der Waals surface area (Å²) in [4.78, 5) is 25.3. The highest BCUT2D eigenvalue weighted by molar-refractivity contribution is 5.95. The van der Waals surface area contributed by atoms with Crippen LogP contribution in [0.25, 0.3) is 5.57 Å². The van der Waals surface area contributed by atoms with E-state index in [0.29, 0.717) is 12.1 Å². The fraction of sp³-hybridized carbons (Fsp3) is 0.200. The monoisotopic (exact) mass is 322 g/mol. The van der Waals surface area contributed by atoms with Gasteiger partial charge >= 0.3 is 0 Å². The van der Waals surface area contributed by atoms with Gasteiger partial charge in [-0.05, 0) is 35.3 Å². The van der Waals surface area contributed by atoms with Crippen LogP contribution in [0.4, 0.5) is 0 Å². The molecule has 2 aromatic rings. The fourth-order valence-corrected chi connectivity index (χ4v) is 2.48. The molecule has 4 heteroatoms. The first-order valence-electron chi connectivity index (χ1n) is 7.91. The Morgan fingerprint density at radius 2 is 1.71 bits per heavy atom. The number of primary amides is 1. The summed E-state index contributed by atoms with van der Waals surface area (Å²) in [5.41, 5.74) is 8.66. The molecular formula is C20H22N2O2. The van der Waals surface area contributed by atoms with Gasteiger partial charge in [0.1, 0.15) is 0 Å². The van der Waals surface area contributed by atoms with E-state index in [1.807, 2.05) is 43.3 Å². The minimum absolute atomic E-state index is 0.0693. The summed E-state index contributed by atoms with van der Waals surface area (Å²) >= 11 is 0. The summed E-state index contributed by atoms with van der Waals surface area (Å²) in [7, 11) is 1.74. The van der Waals surface area contributed by atoms with Gasteiger partial charge in [-0.3, -0.25) is 9.59 Å². The molecule has 0 saturated heterocycles. The summed E-state index contributed by atoms with van der Waals surface area (Å²) < 4.78 is 0. The maximum absolute atomic E-state index is 12.5. The number of hydrogen-bond acceptors (Lipinski definition) is 2. The SMILES string of the molecule is CC/C(=C\C(=O)N(C)Cc1cccc(C(N)=O)c1)c1ccccc1. The van der Waals surface area contributed by atoms with E-state index in [0.717, 1.165) is 23.1 Å². The van der Waals surface area contributed by atoms with Crippen LogP contribution in [0, 0.1) is 0 Å². The average Bonchev–Trinajstić information content (AvgIpc) is 2.60. The first kappa shape index (κ1) is 17.5. The molecule has 2 aromatic carbocycles. The quantitative estimate of drug-likeness (QED) is 0.830. The van der Waals surface area contributed by atoms with E-state index >= 15 is 0 Å². The summed E-state index contributed by atoms with van der Waals surface area (Å²) in [5.74, 6) is -0.539. The van der Waals surface area contributed by atoms with Crippen molar-refractivity contribution in [2.75, 3.05) is 7.05 Å². The minimum atomic E-state index is -0.469. The van der Waals surface area contributed by atoms with E-state index in [1.165, 1.54) is 0 Å². The third-order valence-corrected chi connectivity index (χ3v) is 3.83. The lowest BCUT2D eigenvalue weighted by atomic mass is 10.0. The Morgan fingerprint density at radius 1 is 1.04 bits per heavy atom. The summed E-state index contributed by atoms with van der Waals surface area (Å²) in [6.07, 6.45) is 2.45. The smallest absolute Gasteiger partial charge is 0.248 e. The first-order chi connectivity index (χ1) is 11.5. The van der Waals surface area contributed by atoms with Gasteiger partial charge in [0.25, 0.3) is 0 Å². The van der Waals surface area contributed by atoms with Crippen LogP contribution in [-0.4, -0.2) is 23.8 Å². The van der Waals surface area contributed by atoms with Crippen molar-refractivity contribution in [3.63, 3.8) is 0 Å². The second-order valence-electron chi connectivity index (χ2n) is 5.65. The van der Waals surface area contributed by atoms with Crippen LogP contribution in [0.15, 0.2) is 60.7 Å². The summed E-state index contributed by atoms with van der Waals surface area (Å²) in [6, 6.07) is 16.9. The van der Waals surface area contributed by atoms with Crippen molar-refractivity contribution in [1.82, 2.24) is 4.90 Å². The Hall–Kier alpha value is -2.88. The zero-order valence-electron chi connectivity index (χ0n) is 14.0. The number of carbonyl (C=O) groups is 2. The number of allylic oxidation sites excluding steroid dienone is 1. The minimum Gasteiger partial charge on any atom is -0.366 e. The van der Waals surface area contributed by atoms with E-state index in [-0.39, 0.29) is 5.91 Å². The number of amides is 2. The highest BCUT2D eigenvalue weighted by Crippen LogP contribution is 2.18. The molecule has 0 radical (unpaired) electrons. The molecule has 0 unspecified atom stereocenters. The summed E-state index contributed by atoms with van der Waals surface area (Å²) in [6.45, 7) is 2.45. The molecule has 0 aliphatic carbocycles. The van der Waals surface area contributed by atoms with Gasteiger partial charge in [-0.2, -0.15) is 0 Å². The molecule has 2 rings (SSSR count). The molecular weight excluding hydrogens is 300 g/mol. The largest absolute Gasteiger partial charge is 0.366 e. The molecule has 0 spiro atoms. The van der Waals surface area contributed by atoms with E-state index in [2.05, 4.69) is 0 Å². The van der Waals surface area contributed by atoms with Crippen molar-refractivity contribution in [1.29, 1.82) is 0 Å². The lowest BCUT2D eigenvalue weighted by Gasteiger charge is -2.16. The van der Waals surface area contributed by atoms with Crippen molar-refractivity contribution in [2.24, 2.45) is 5.73 Å². The number of hydrogen-bond donors (Lipinski definition) is 1. The normalized spacial score (nSPS) is 11.2. The molecule has 2 N–H and O–H groups in total. The lowest BCUT2D eigenvalue weighted by Crippen LogP contribution is -2.24. The molecule has 24 heavy (non-hydrogen) atoms. The van der Waals surface area contributed by atoms with Crippen molar-refractivity contribution in [3.05, 3.63) is 77.4 Å². The van der Waals surface area contributed by atoms with Crippen LogP contribution < -0.4 is 5.73 Å². The number of nitrogens with two attached hydrogens (primary N) is 1. The fourth-order valence-electron chi connectivity index (χ4n) is 2.48. The van der Waals surface area contributed by atoms with Gasteiger partial charge in [-0.25, -0.2) is 0 Å². The first-order valence-corrected chi connectivity index (χ1v) is 7.91. The van der Waals surface area contributed by atoms with Gasteiger partial charge in [-0.15, -0.1) is 0 Å². The second-order valence-corrected chi connectivity index (χ2v) is 5.65. The zero-order chi connectivity index (χ0) is 17.5. The molecule has 0 aliphatic heterocycles. The van der Waals surface area contributed by atoms with E-state index in [4.69, 9.17) is 5.73 Å². The van der Waals surface area contributed by atoms with Gasteiger partial charge < -0.3 is 10.6 Å². The number of nitrogens with zero attached hydrogens (tertiary/aromatic N) is 1. The zero-order valence-corrected chi connectivity index (χ0v) is 14.0.